The van der Waals surface area contributed by atoms with Crippen molar-refractivity contribution in [2.45, 2.75) is 24.4 Å². The van der Waals surface area contributed by atoms with Crippen LogP contribution in [0.25, 0.3) is 0 Å². The Morgan fingerprint density at radius 1 is 1.58 bits per heavy atom. The van der Waals surface area contributed by atoms with E-state index in [9.17, 15) is 8.42 Å². The largest absolute Gasteiger partial charge is 0.315 e. The molecule has 19 heavy (non-hydrogen) atoms. The zero-order valence-electron chi connectivity index (χ0n) is 11.4. The molecule has 1 aromatic heterocycles. The smallest absolute Gasteiger partial charge is 0.245 e. The summed E-state index contributed by atoms with van der Waals surface area (Å²) in [5, 5.41) is 3.03. The predicted octanol–water partition coefficient (Wildman–Crippen LogP) is 2.60. The van der Waals surface area contributed by atoms with Crippen LogP contribution in [-0.2, 0) is 16.6 Å². The monoisotopic (exact) mass is 386 g/mol. The standard InChI is InChI=1S/C11H19BrN2O2S3/c1-8(7-17-4)14(3)19(15,16)10-5-9(6-13-2)18-11(10)12/h5,8,13H,6-7H2,1-4H3. The second kappa shape index (κ2) is 7.42. The predicted molar refractivity (Wildman–Crippen MR) is 87.6 cm³/mol. The fourth-order valence-electron chi connectivity index (χ4n) is 1.57. The number of thiophene rings is 1. The van der Waals surface area contributed by atoms with Gasteiger partial charge in [0.1, 0.15) is 4.90 Å². The summed E-state index contributed by atoms with van der Waals surface area (Å²) in [5.41, 5.74) is 0. The van der Waals surface area contributed by atoms with Crippen LogP contribution in [0.2, 0.25) is 0 Å². The zero-order valence-corrected chi connectivity index (χ0v) is 15.5. The lowest BCUT2D eigenvalue weighted by Gasteiger charge is -2.23. The first-order valence-corrected chi connectivity index (χ1v) is 10.2. The van der Waals surface area contributed by atoms with Crippen molar-refractivity contribution in [3.8, 4) is 0 Å². The number of hydrogen-bond donors (Lipinski definition) is 1. The first-order chi connectivity index (χ1) is 8.84. The topological polar surface area (TPSA) is 49.4 Å². The Hall–Kier alpha value is 0.400. The number of halogens is 1. The third kappa shape index (κ3) is 4.18. The molecule has 0 fully saturated rings. The third-order valence-corrected chi connectivity index (χ3v) is 7.78. The van der Waals surface area contributed by atoms with Gasteiger partial charge in [0.05, 0.1) is 3.79 Å². The van der Waals surface area contributed by atoms with Gasteiger partial charge in [-0.2, -0.15) is 16.1 Å². The van der Waals surface area contributed by atoms with Crippen LogP contribution >= 0.6 is 39.0 Å². The second-order valence-electron chi connectivity index (χ2n) is 4.21. The van der Waals surface area contributed by atoms with E-state index in [-0.39, 0.29) is 6.04 Å². The highest BCUT2D eigenvalue weighted by Crippen LogP contribution is 2.33. The van der Waals surface area contributed by atoms with Crippen LogP contribution in [-0.4, -0.2) is 44.9 Å². The Bertz CT molecular complexity index is 516. The van der Waals surface area contributed by atoms with Crippen molar-refractivity contribution in [2.24, 2.45) is 0 Å². The van der Waals surface area contributed by atoms with Crippen molar-refractivity contribution in [1.29, 1.82) is 0 Å². The minimum atomic E-state index is -3.43. The molecule has 0 saturated carbocycles. The van der Waals surface area contributed by atoms with Gasteiger partial charge in [0.2, 0.25) is 10.0 Å². The average molecular weight is 387 g/mol. The number of nitrogens with zero attached hydrogens (tertiary/aromatic N) is 1. The van der Waals surface area contributed by atoms with Crippen LogP contribution in [0.3, 0.4) is 0 Å². The summed E-state index contributed by atoms with van der Waals surface area (Å²) in [4.78, 5) is 1.36. The van der Waals surface area contributed by atoms with E-state index in [0.29, 0.717) is 15.2 Å². The summed E-state index contributed by atoms with van der Waals surface area (Å²) in [6.07, 6.45) is 1.97. The van der Waals surface area contributed by atoms with Crippen molar-refractivity contribution in [2.75, 3.05) is 26.1 Å². The van der Waals surface area contributed by atoms with Crippen molar-refractivity contribution in [3.63, 3.8) is 0 Å². The van der Waals surface area contributed by atoms with E-state index < -0.39 is 10.0 Å². The number of sulfonamides is 1. The van der Waals surface area contributed by atoms with Crippen LogP contribution in [0.4, 0.5) is 0 Å². The molecule has 1 aromatic rings. The van der Waals surface area contributed by atoms with Crippen LogP contribution in [0.5, 0.6) is 0 Å². The molecule has 0 aliphatic rings. The lowest BCUT2D eigenvalue weighted by Crippen LogP contribution is -2.36. The molecule has 0 aliphatic carbocycles. The highest BCUT2D eigenvalue weighted by molar-refractivity contribution is 9.11. The van der Waals surface area contributed by atoms with Crippen molar-refractivity contribution in [1.82, 2.24) is 9.62 Å². The quantitative estimate of drug-likeness (QED) is 0.782. The molecule has 4 nitrogen and oxygen atoms in total. The van der Waals surface area contributed by atoms with Gasteiger partial charge in [-0.15, -0.1) is 11.3 Å². The molecule has 1 N–H and O–H groups in total. The molecular weight excluding hydrogens is 368 g/mol. The van der Waals surface area contributed by atoms with E-state index in [4.69, 9.17) is 0 Å². The molecule has 1 atom stereocenters. The van der Waals surface area contributed by atoms with Gasteiger partial charge in [0.15, 0.2) is 0 Å². The first kappa shape index (κ1) is 17.5. The van der Waals surface area contributed by atoms with Gasteiger partial charge in [-0.25, -0.2) is 8.42 Å². The highest BCUT2D eigenvalue weighted by atomic mass is 79.9. The minimum absolute atomic E-state index is 0.0282. The molecule has 8 heteroatoms. The first-order valence-electron chi connectivity index (χ1n) is 5.74. The molecule has 0 amide bonds. The Labute approximate surface area is 132 Å². The zero-order chi connectivity index (χ0) is 14.6. The number of nitrogens with one attached hydrogen (secondary N) is 1. The fraction of sp³-hybridized carbons (Fsp3) is 0.636. The van der Waals surface area contributed by atoms with Crippen molar-refractivity contribution in [3.05, 3.63) is 14.7 Å². The van der Waals surface area contributed by atoms with E-state index in [0.717, 1.165) is 10.6 Å². The van der Waals surface area contributed by atoms with Gasteiger partial charge in [0.25, 0.3) is 0 Å². The lowest BCUT2D eigenvalue weighted by molar-refractivity contribution is 0.415. The Kier molecular flexibility index (Phi) is 6.82. The summed E-state index contributed by atoms with van der Waals surface area (Å²) in [7, 11) is 0.0459. The summed E-state index contributed by atoms with van der Waals surface area (Å²) in [5.74, 6) is 0.779. The van der Waals surface area contributed by atoms with Gasteiger partial charge in [-0.05, 0) is 42.2 Å². The molecular formula is C11H19BrN2O2S3. The van der Waals surface area contributed by atoms with E-state index >= 15 is 0 Å². The molecule has 0 aliphatic heterocycles. The number of rotatable bonds is 7. The van der Waals surface area contributed by atoms with Crippen LogP contribution in [0.1, 0.15) is 11.8 Å². The maximum Gasteiger partial charge on any atom is 0.245 e. The molecule has 110 valence electrons. The van der Waals surface area contributed by atoms with Gasteiger partial charge < -0.3 is 5.32 Å². The Balaban J connectivity index is 3.05. The maximum absolute atomic E-state index is 12.6. The van der Waals surface area contributed by atoms with Gasteiger partial charge in [-0.1, -0.05) is 0 Å². The molecule has 1 unspecified atom stereocenters. The normalized spacial score (nSPS) is 14.0. The van der Waals surface area contributed by atoms with Gasteiger partial charge in [-0.3, -0.25) is 0 Å². The van der Waals surface area contributed by atoms with E-state index in [1.54, 1.807) is 24.9 Å². The summed E-state index contributed by atoms with van der Waals surface area (Å²) in [6.45, 7) is 2.59. The summed E-state index contributed by atoms with van der Waals surface area (Å²) in [6, 6.07) is 1.71. The number of hydrogen-bond acceptors (Lipinski definition) is 5. The Morgan fingerprint density at radius 2 is 2.21 bits per heavy atom. The molecule has 0 aromatic carbocycles. The second-order valence-corrected chi connectivity index (χ2v) is 9.54. The van der Waals surface area contributed by atoms with E-state index in [1.807, 2.05) is 20.2 Å². The maximum atomic E-state index is 12.6. The van der Waals surface area contributed by atoms with Crippen molar-refractivity contribution >= 4 is 49.1 Å². The van der Waals surface area contributed by atoms with E-state index in [2.05, 4.69) is 21.2 Å². The highest BCUT2D eigenvalue weighted by Gasteiger charge is 2.28. The van der Waals surface area contributed by atoms with Crippen molar-refractivity contribution < 1.29 is 8.42 Å². The average Bonchev–Trinajstić information content (AvgIpc) is 2.70. The molecule has 1 heterocycles. The van der Waals surface area contributed by atoms with Gasteiger partial charge >= 0.3 is 0 Å². The lowest BCUT2D eigenvalue weighted by atomic mass is 10.4. The Morgan fingerprint density at radius 3 is 2.74 bits per heavy atom. The summed E-state index contributed by atoms with van der Waals surface area (Å²) >= 11 is 6.45. The van der Waals surface area contributed by atoms with E-state index in [1.165, 1.54) is 15.6 Å². The molecule has 0 bridgehead atoms. The van der Waals surface area contributed by atoms with Crippen LogP contribution in [0.15, 0.2) is 14.7 Å². The van der Waals surface area contributed by atoms with Gasteiger partial charge in [0, 0.05) is 30.3 Å². The molecule has 0 saturated heterocycles. The number of thioether (sulfide) groups is 1. The molecule has 1 rings (SSSR count). The third-order valence-electron chi connectivity index (χ3n) is 2.74. The molecule has 0 radical (unpaired) electrons. The fourth-order valence-corrected chi connectivity index (χ4v) is 6.38. The SMILES string of the molecule is CNCc1cc(S(=O)(=O)N(C)C(C)CSC)c(Br)s1. The van der Waals surface area contributed by atoms with Crippen LogP contribution < -0.4 is 5.32 Å². The molecule has 0 spiro atoms. The minimum Gasteiger partial charge on any atom is -0.315 e. The van der Waals surface area contributed by atoms with Crippen LogP contribution in [0, 0.1) is 0 Å². The summed E-state index contributed by atoms with van der Waals surface area (Å²) < 4.78 is 27.2.